The van der Waals surface area contributed by atoms with Crippen LogP contribution in [-0.4, -0.2) is 24.5 Å². The number of hydrogen-bond acceptors (Lipinski definition) is 5. The van der Waals surface area contributed by atoms with E-state index in [0.29, 0.717) is 17.5 Å². The van der Waals surface area contributed by atoms with Gasteiger partial charge >= 0.3 is 0 Å². The molecule has 0 aliphatic carbocycles. The number of nitrogens with zero attached hydrogens (tertiary/aromatic N) is 5. The molecule has 0 amide bonds. The van der Waals surface area contributed by atoms with E-state index in [9.17, 15) is 0 Å². The molecule has 0 aliphatic heterocycles. The molecule has 9 rings (SSSR count). The highest BCUT2D eigenvalue weighted by Crippen LogP contribution is 2.38. The van der Waals surface area contributed by atoms with E-state index in [1.807, 2.05) is 97.3 Å². The number of aromatic nitrogens is 5. The summed E-state index contributed by atoms with van der Waals surface area (Å²) >= 11 is 0. The zero-order valence-corrected chi connectivity index (χ0v) is 24.6. The fourth-order valence-corrected chi connectivity index (χ4v) is 6.15. The van der Waals surface area contributed by atoms with Crippen LogP contribution in [0.4, 0.5) is 0 Å². The Morgan fingerprint density at radius 1 is 0.457 bits per heavy atom. The maximum atomic E-state index is 6.32. The number of fused-ring (bicyclic) bond motifs is 4. The minimum absolute atomic E-state index is 0.612. The van der Waals surface area contributed by atoms with E-state index in [4.69, 9.17) is 19.4 Å². The first-order valence-corrected chi connectivity index (χ1v) is 15.1. The van der Waals surface area contributed by atoms with Gasteiger partial charge in [0.15, 0.2) is 17.5 Å². The first-order valence-electron chi connectivity index (χ1n) is 15.1. The van der Waals surface area contributed by atoms with Crippen LogP contribution in [-0.2, 0) is 0 Å². The molecule has 9 aromatic rings. The van der Waals surface area contributed by atoms with Gasteiger partial charge in [0.05, 0.1) is 5.52 Å². The summed E-state index contributed by atoms with van der Waals surface area (Å²) in [4.78, 5) is 18.9. The number of hydrogen-bond donors (Lipinski definition) is 0. The topological polar surface area (TPSA) is 69.6 Å². The van der Waals surface area contributed by atoms with E-state index in [1.165, 1.54) is 5.39 Å². The van der Waals surface area contributed by atoms with Crippen molar-refractivity contribution >= 4 is 32.8 Å². The van der Waals surface area contributed by atoms with Crippen molar-refractivity contribution in [1.82, 2.24) is 24.5 Å². The standard InChI is InChI=1S/C40H25N5O/c1-3-9-26(10-4-1)38-42-39(27-11-5-2-6-12-27)44-40(43-38)29-16-18-37-33(24-29)32-23-28(15-17-36(32)46-37)34-25-45(30-19-21-41-22-20-30)35-14-8-7-13-31(34)35/h1-25H. The largest absolute Gasteiger partial charge is 0.456 e. The van der Waals surface area contributed by atoms with Crippen LogP contribution in [0.3, 0.4) is 0 Å². The van der Waals surface area contributed by atoms with Crippen LogP contribution >= 0.6 is 0 Å². The lowest BCUT2D eigenvalue weighted by atomic mass is 10.0. The molecule has 0 bridgehead atoms. The van der Waals surface area contributed by atoms with E-state index < -0.39 is 0 Å². The van der Waals surface area contributed by atoms with Crippen LogP contribution in [0, 0.1) is 0 Å². The summed E-state index contributed by atoms with van der Waals surface area (Å²) in [5, 5.41) is 3.23. The predicted molar refractivity (Wildman–Crippen MR) is 183 cm³/mol. The zero-order valence-electron chi connectivity index (χ0n) is 24.6. The van der Waals surface area contributed by atoms with Crippen molar-refractivity contribution in [3.63, 3.8) is 0 Å². The van der Waals surface area contributed by atoms with E-state index in [2.05, 4.69) is 64.3 Å². The summed E-state index contributed by atoms with van der Waals surface area (Å²) in [6.45, 7) is 0. The minimum atomic E-state index is 0.612. The molecular weight excluding hydrogens is 566 g/mol. The van der Waals surface area contributed by atoms with Crippen molar-refractivity contribution in [3.8, 4) is 51.0 Å². The Balaban J connectivity index is 1.21. The Kier molecular flexibility index (Phi) is 6.03. The maximum Gasteiger partial charge on any atom is 0.164 e. The average molecular weight is 592 g/mol. The number of para-hydroxylation sites is 1. The number of pyridine rings is 1. The Hall–Kier alpha value is -6.40. The third-order valence-corrected chi connectivity index (χ3v) is 8.39. The van der Waals surface area contributed by atoms with Gasteiger partial charge < -0.3 is 8.98 Å². The smallest absolute Gasteiger partial charge is 0.164 e. The van der Waals surface area contributed by atoms with Crippen LogP contribution in [0.25, 0.3) is 83.8 Å². The van der Waals surface area contributed by atoms with Gasteiger partial charge in [-0.05, 0) is 54.1 Å². The lowest BCUT2D eigenvalue weighted by Gasteiger charge is -2.08. The molecule has 0 radical (unpaired) electrons. The Labute approximate surface area is 264 Å². The van der Waals surface area contributed by atoms with Crippen molar-refractivity contribution in [2.75, 3.05) is 0 Å². The number of rotatable bonds is 5. The molecule has 6 heteroatoms. The van der Waals surface area contributed by atoms with Gasteiger partial charge in [-0.3, -0.25) is 4.98 Å². The minimum Gasteiger partial charge on any atom is -0.456 e. The molecule has 0 fully saturated rings. The highest BCUT2D eigenvalue weighted by atomic mass is 16.3. The summed E-state index contributed by atoms with van der Waals surface area (Å²) in [7, 11) is 0. The van der Waals surface area contributed by atoms with E-state index in [0.717, 1.165) is 61.0 Å². The first kappa shape index (κ1) is 26.0. The highest BCUT2D eigenvalue weighted by molar-refractivity contribution is 6.09. The normalized spacial score (nSPS) is 11.5. The predicted octanol–water partition coefficient (Wildman–Crippen LogP) is 9.78. The molecule has 0 aliphatic rings. The molecule has 0 N–H and O–H groups in total. The molecule has 6 nitrogen and oxygen atoms in total. The Morgan fingerprint density at radius 3 is 1.65 bits per heavy atom. The molecule has 216 valence electrons. The first-order chi connectivity index (χ1) is 22.8. The van der Waals surface area contributed by atoms with Gasteiger partial charge in [0.25, 0.3) is 0 Å². The Bertz CT molecular complexity index is 2460. The summed E-state index contributed by atoms with van der Waals surface area (Å²) in [6.07, 6.45) is 5.85. The molecule has 46 heavy (non-hydrogen) atoms. The number of furan rings is 1. The van der Waals surface area contributed by atoms with E-state index >= 15 is 0 Å². The molecule has 0 saturated heterocycles. The molecule has 0 atom stereocenters. The van der Waals surface area contributed by atoms with Crippen LogP contribution in [0.5, 0.6) is 0 Å². The van der Waals surface area contributed by atoms with Crippen LogP contribution < -0.4 is 0 Å². The molecule has 4 heterocycles. The van der Waals surface area contributed by atoms with Gasteiger partial charge in [0, 0.05) is 62.7 Å². The average Bonchev–Trinajstić information content (AvgIpc) is 3.71. The van der Waals surface area contributed by atoms with Gasteiger partial charge in [-0.1, -0.05) is 84.9 Å². The molecule has 4 aromatic heterocycles. The second-order valence-corrected chi connectivity index (χ2v) is 11.2. The zero-order chi connectivity index (χ0) is 30.5. The monoisotopic (exact) mass is 591 g/mol. The lowest BCUT2D eigenvalue weighted by Crippen LogP contribution is -2.00. The van der Waals surface area contributed by atoms with Crippen LogP contribution in [0.15, 0.2) is 156 Å². The highest BCUT2D eigenvalue weighted by Gasteiger charge is 2.17. The van der Waals surface area contributed by atoms with Gasteiger partial charge in [0.1, 0.15) is 11.2 Å². The van der Waals surface area contributed by atoms with Gasteiger partial charge in [0.2, 0.25) is 0 Å². The van der Waals surface area contributed by atoms with Gasteiger partial charge in [-0.2, -0.15) is 0 Å². The van der Waals surface area contributed by atoms with Crippen molar-refractivity contribution in [1.29, 1.82) is 0 Å². The third kappa shape index (κ3) is 4.43. The summed E-state index contributed by atoms with van der Waals surface area (Å²) in [5.41, 5.74) is 8.89. The molecular formula is C40H25N5O. The van der Waals surface area contributed by atoms with Gasteiger partial charge in [-0.25, -0.2) is 15.0 Å². The molecule has 0 saturated carbocycles. The summed E-state index contributed by atoms with van der Waals surface area (Å²) in [5.74, 6) is 1.88. The van der Waals surface area contributed by atoms with Crippen molar-refractivity contribution in [3.05, 3.63) is 152 Å². The van der Waals surface area contributed by atoms with Crippen LogP contribution in [0.1, 0.15) is 0 Å². The number of benzene rings is 5. The fourth-order valence-electron chi connectivity index (χ4n) is 6.15. The van der Waals surface area contributed by atoms with Crippen molar-refractivity contribution in [2.45, 2.75) is 0 Å². The quantitative estimate of drug-likeness (QED) is 0.199. The summed E-state index contributed by atoms with van der Waals surface area (Å²) < 4.78 is 8.54. The van der Waals surface area contributed by atoms with E-state index in [-0.39, 0.29) is 0 Å². The fraction of sp³-hybridized carbons (Fsp3) is 0. The SMILES string of the molecule is c1ccc(-c2nc(-c3ccccc3)nc(-c3ccc4oc5ccc(-c6cn(-c7ccncc7)c7ccccc67)cc5c4c3)n2)cc1. The van der Waals surface area contributed by atoms with E-state index in [1.54, 1.807) is 0 Å². The van der Waals surface area contributed by atoms with Crippen LogP contribution in [0.2, 0.25) is 0 Å². The molecule has 0 unspecified atom stereocenters. The van der Waals surface area contributed by atoms with Crippen molar-refractivity contribution in [2.24, 2.45) is 0 Å². The summed E-state index contributed by atoms with van der Waals surface area (Å²) in [6, 6.07) is 45.2. The van der Waals surface area contributed by atoms with Gasteiger partial charge in [-0.15, -0.1) is 0 Å². The lowest BCUT2D eigenvalue weighted by molar-refractivity contribution is 0.669. The molecule has 5 aromatic carbocycles. The second-order valence-electron chi connectivity index (χ2n) is 11.2. The third-order valence-electron chi connectivity index (χ3n) is 8.39. The molecule has 0 spiro atoms. The maximum absolute atomic E-state index is 6.32. The van der Waals surface area contributed by atoms with Crippen molar-refractivity contribution < 1.29 is 4.42 Å². The Morgan fingerprint density at radius 2 is 1.00 bits per heavy atom. The second kappa shape index (κ2) is 10.6.